The number of likely N-dealkylation sites (tertiary alicyclic amines) is 1. The zero-order valence-electron chi connectivity index (χ0n) is 12.5. The minimum absolute atomic E-state index is 0.00271. The largest absolute Gasteiger partial charge is 0.341 e. The van der Waals surface area contributed by atoms with Crippen molar-refractivity contribution >= 4 is 29.1 Å². The molecule has 0 saturated carbocycles. The van der Waals surface area contributed by atoms with Crippen LogP contribution in [-0.4, -0.2) is 36.3 Å². The van der Waals surface area contributed by atoms with E-state index >= 15 is 0 Å². The van der Waals surface area contributed by atoms with Gasteiger partial charge in [-0.3, -0.25) is 9.59 Å². The van der Waals surface area contributed by atoms with Gasteiger partial charge in [-0.1, -0.05) is 24.6 Å². The van der Waals surface area contributed by atoms with Crippen LogP contribution in [0.5, 0.6) is 0 Å². The molecule has 1 aliphatic heterocycles. The molecule has 0 aromatic heterocycles. The zero-order valence-corrected chi connectivity index (χ0v) is 13.3. The molecule has 0 aliphatic carbocycles. The fraction of sp³-hybridized carbons (Fsp3) is 0.500. The van der Waals surface area contributed by atoms with E-state index in [-0.39, 0.29) is 18.4 Å². The van der Waals surface area contributed by atoms with E-state index in [1.807, 2.05) is 4.90 Å². The number of halogens is 1. The second-order valence-electron chi connectivity index (χ2n) is 5.65. The molecule has 1 aliphatic rings. The highest BCUT2D eigenvalue weighted by atomic mass is 35.5. The molecule has 0 spiro atoms. The molecule has 1 saturated heterocycles. The van der Waals surface area contributed by atoms with Crippen molar-refractivity contribution < 1.29 is 9.59 Å². The first-order valence-corrected chi connectivity index (χ1v) is 7.66. The molecule has 0 unspecified atom stereocenters. The predicted molar refractivity (Wildman–Crippen MR) is 84.5 cm³/mol. The van der Waals surface area contributed by atoms with Gasteiger partial charge in [-0.2, -0.15) is 0 Å². The lowest BCUT2D eigenvalue weighted by molar-refractivity contribution is -0.132. The monoisotopic (exact) mass is 308 g/mol. The Bertz CT molecular complexity index is 525. The number of piperidine rings is 1. The summed E-state index contributed by atoms with van der Waals surface area (Å²) in [4.78, 5) is 27.5. The van der Waals surface area contributed by atoms with Crippen LogP contribution in [0.4, 0.5) is 5.69 Å². The maximum atomic E-state index is 12.4. The van der Waals surface area contributed by atoms with Gasteiger partial charge in [-0.25, -0.2) is 0 Å². The second kappa shape index (κ2) is 6.94. The van der Waals surface area contributed by atoms with Crippen LogP contribution in [0.3, 0.4) is 0 Å². The van der Waals surface area contributed by atoms with Gasteiger partial charge in [0.15, 0.2) is 0 Å². The minimum atomic E-state index is -0.156. The number of amides is 2. The van der Waals surface area contributed by atoms with Crippen molar-refractivity contribution in [1.82, 2.24) is 4.90 Å². The van der Waals surface area contributed by atoms with Gasteiger partial charge in [0.05, 0.1) is 0 Å². The topological polar surface area (TPSA) is 40.6 Å². The van der Waals surface area contributed by atoms with E-state index in [0.29, 0.717) is 16.6 Å². The normalized spacial score (nSPS) is 15.9. The number of carbonyl (C=O) groups is 2. The van der Waals surface area contributed by atoms with Crippen molar-refractivity contribution in [3.05, 3.63) is 29.3 Å². The third-order valence-electron chi connectivity index (χ3n) is 3.93. The SMILES string of the molecule is CC(=O)N(CC(=O)N1CCC(C)CC1)c1cccc(Cl)c1. The fourth-order valence-corrected chi connectivity index (χ4v) is 2.71. The van der Waals surface area contributed by atoms with Crippen LogP contribution in [-0.2, 0) is 9.59 Å². The smallest absolute Gasteiger partial charge is 0.242 e. The maximum absolute atomic E-state index is 12.4. The highest BCUT2D eigenvalue weighted by Crippen LogP contribution is 2.21. The van der Waals surface area contributed by atoms with E-state index in [1.165, 1.54) is 11.8 Å². The van der Waals surface area contributed by atoms with Gasteiger partial charge in [0.1, 0.15) is 6.54 Å². The van der Waals surface area contributed by atoms with Crippen molar-refractivity contribution in [2.75, 3.05) is 24.5 Å². The summed E-state index contributed by atoms with van der Waals surface area (Å²) in [7, 11) is 0. The van der Waals surface area contributed by atoms with E-state index in [1.54, 1.807) is 24.3 Å². The van der Waals surface area contributed by atoms with Crippen LogP contribution in [0.25, 0.3) is 0 Å². The Morgan fingerprint density at radius 1 is 1.33 bits per heavy atom. The van der Waals surface area contributed by atoms with E-state index in [0.717, 1.165) is 25.9 Å². The van der Waals surface area contributed by atoms with Gasteiger partial charge in [0.25, 0.3) is 0 Å². The zero-order chi connectivity index (χ0) is 15.4. The molecule has 1 heterocycles. The molecule has 114 valence electrons. The van der Waals surface area contributed by atoms with Crippen LogP contribution < -0.4 is 4.90 Å². The summed E-state index contributed by atoms with van der Waals surface area (Å²) in [5.41, 5.74) is 0.661. The average molecular weight is 309 g/mol. The Balaban J connectivity index is 2.06. The number of hydrogen-bond acceptors (Lipinski definition) is 2. The first-order valence-electron chi connectivity index (χ1n) is 7.29. The molecule has 0 bridgehead atoms. The Kier molecular flexibility index (Phi) is 5.23. The molecule has 2 rings (SSSR count). The lowest BCUT2D eigenvalue weighted by Crippen LogP contribution is -2.45. The number of nitrogens with zero attached hydrogens (tertiary/aromatic N) is 2. The highest BCUT2D eigenvalue weighted by Gasteiger charge is 2.23. The summed E-state index contributed by atoms with van der Waals surface area (Å²) in [6, 6.07) is 7.02. The third-order valence-corrected chi connectivity index (χ3v) is 4.16. The first kappa shape index (κ1) is 15.8. The average Bonchev–Trinajstić information content (AvgIpc) is 2.45. The van der Waals surface area contributed by atoms with Crippen LogP contribution in [0.15, 0.2) is 24.3 Å². The van der Waals surface area contributed by atoms with Gasteiger partial charge in [-0.15, -0.1) is 0 Å². The summed E-state index contributed by atoms with van der Waals surface area (Å²) >= 11 is 5.96. The van der Waals surface area contributed by atoms with Crippen LogP contribution in [0.2, 0.25) is 5.02 Å². The number of benzene rings is 1. The van der Waals surface area contributed by atoms with Gasteiger partial charge in [0, 0.05) is 30.7 Å². The fourth-order valence-electron chi connectivity index (χ4n) is 2.52. The summed E-state index contributed by atoms with van der Waals surface area (Å²) in [5, 5.41) is 0.554. The summed E-state index contributed by atoms with van der Waals surface area (Å²) < 4.78 is 0. The molecule has 2 amide bonds. The third kappa shape index (κ3) is 4.21. The highest BCUT2D eigenvalue weighted by molar-refractivity contribution is 6.30. The van der Waals surface area contributed by atoms with Crippen LogP contribution in [0.1, 0.15) is 26.7 Å². The minimum Gasteiger partial charge on any atom is -0.341 e. The second-order valence-corrected chi connectivity index (χ2v) is 6.08. The van der Waals surface area contributed by atoms with E-state index in [2.05, 4.69) is 6.92 Å². The number of anilines is 1. The Labute approximate surface area is 130 Å². The summed E-state index contributed by atoms with van der Waals surface area (Å²) in [6.45, 7) is 5.30. The van der Waals surface area contributed by atoms with E-state index in [9.17, 15) is 9.59 Å². The van der Waals surface area contributed by atoms with Crippen molar-refractivity contribution in [3.8, 4) is 0 Å². The van der Waals surface area contributed by atoms with Crippen LogP contribution >= 0.6 is 11.6 Å². The molecule has 5 heteroatoms. The van der Waals surface area contributed by atoms with E-state index in [4.69, 9.17) is 11.6 Å². The summed E-state index contributed by atoms with van der Waals surface area (Å²) in [5.74, 6) is 0.513. The van der Waals surface area contributed by atoms with Gasteiger partial charge in [-0.05, 0) is 37.0 Å². The lowest BCUT2D eigenvalue weighted by atomic mass is 9.99. The Morgan fingerprint density at radius 3 is 2.57 bits per heavy atom. The first-order chi connectivity index (χ1) is 9.97. The molecule has 0 atom stereocenters. The number of carbonyl (C=O) groups excluding carboxylic acids is 2. The molecular formula is C16H21ClN2O2. The molecular weight excluding hydrogens is 288 g/mol. The van der Waals surface area contributed by atoms with Crippen LogP contribution in [0, 0.1) is 5.92 Å². The maximum Gasteiger partial charge on any atom is 0.242 e. The van der Waals surface area contributed by atoms with Gasteiger partial charge in [0.2, 0.25) is 11.8 Å². The predicted octanol–water partition coefficient (Wildman–Crippen LogP) is 2.95. The molecule has 0 radical (unpaired) electrons. The van der Waals surface area contributed by atoms with Crippen molar-refractivity contribution in [2.24, 2.45) is 5.92 Å². The molecule has 0 N–H and O–H groups in total. The molecule has 21 heavy (non-hydrogen) atoms. The van der Waals surface area contributed by atoms with E-state index < -0.39 is 0 Å². The summed E-state index contributed by atoms with van der Waals surface area (Å²) in [6.07, 6.45) is 2.06. The van der Waals surface area contributed by atoms with Crippen molar-refractivity contribution in [3.63, 3.8) is 0 Å². The molecule has 1 fully saturated rings. The quantitative estimate of drug-likeness (QED) is 0.861. The molecule has 1 aromatic rings. The Hall–Kier alpha value is -1.55. The number of rotatable bonds is 3. The standard InChI is InChI=1S/C16H21ClN2O2/c1-12-6-8-18(9-7-12)16(21)11-19(13(2)20)15-5-3-4-14(17)10-15/h3-5,10,12H,6-9,11H2,1-2H3. The lowest BCUT2D eigenvalue weighted by Gasteiger charge is -2.32. The number of hydrogen-bond donors (Lipinski definition) is 0. The van der Waals surface area contributed by atoms with Crippen molar-refractivity contribution in [1.29, 1.82) is 0 Å². The molecule has 4 nitrogen and oxygen atoms in total. The Morgan fingerprint density at radius 2 is 2.00 bits per heavy atom. The van der Waals surface area contributed by atoms with Crippen molar-refractivity contribution in [2.45, 2.75) is 26.7 Å². The van der Waals surface area contributed by atoms with Gasteiger partial charge < -0.3 is 9.80 Å². The van der Waals surface area contributed by atoms with Gasteiger partial charge >= 0.3 is 0 Å². The molecule has 1 aromatic carbocycles.